The summed E-state index contributed by atoms with van der Waals surface area (Å²) in [6.07, 6.45) is 1.12. The van der Waals surface area contributed by atoms with E-state index in [1.165, 1.54) is 11.1 Å². The van der Waals surface area contributed by atoms with E-state index in [4.69, 9.17) is 4.74 Å². The predicted molar refractivity (Wildman–Crippen MR) is 60.7 cm³/mol. The number of hydrogen-bond acceptors (Lipinski definition) is 2. The van der Waals surface area contributed by atoms with E-state index >= 15 is 0 Å². The first-order valence-electron chi connectivity index (χ1n) is 4.74. The molecule has 0 bridgehead atoms. The molecule has 0 aromatic heterocycles. The normalized spacial score (nSPS) is 16.5. The lowest BCUT2D eigenvalue weighted by Crippen LogP contribution is -2.26. The summed E-state index contributed by atoms with van der Waals surface area (Å²) in [5, 5.41) is 0. The smallest absolute Gasteiger partial charge is 0.133 e. The summed E-state index contributed by atoms with van der Waals surface area (Å²) in [7, 11) is 3.86. The number of hydrogen-bond donors (Lipinski definition) is 0. The predicted octanol–water partition coefficient (Wildman–Crippen LogP) is 2.45. The zero-order valence-electron chi connectivity index (χ0n) is 8.51. The molecule has 76 valence electrons. The van der Waals surface area contributed by atoms with Crippen molar-refractivity contribution in [2.75, 3.05) is 20.7 Å². The second kappa shape index (κ2) is 3.91. The molecule has 0 N–H and O–H groups in total. The molecule has 2 rings (SSSR count). The van der Waals surface area contributed by atoms with E-state index in [1.807, 2.05) is 0 Å². The van der Waals surface area contributed by atoms with Crippen LogP contribution < -0.4 is 4.74 Å². The Morgan fingerprint density at radius 1 is 1.36 bits per heavy atom. The fourth-order valence-corrected chi connectivity index (χ4v) is 2.41. The molecule has 1 aliphatic rings. The Morgan fingerprint density at radius 3 is 2.86 bits per heavy atom. The van der Waals surface area contributed by atoms with Crippen molar-refractivity contribution in [3.8, 4) is 5.75 Å². The lowest BCUT2D eigenvalue weighted by molar-refractivity contribution is 0.311. The van der Waals surface area contributed by atoms with E-state index in [2.05, 4.69) is 40.0 Å². The fraction of sp³-hybridized carbons (Fsp3) is 0.455. The summed E-state index contributed by atoms with van der Waals surface area (Å²) in [5.74, 6) is 0.938. The Bertz CT molecular complexity index is 351. The Morgan fingerprint density at radius 2 is 2.14 bits per heavy atom. The average molecular weight is 256 g/mol. The van der Waals surface area contributed by atoms with Crippen molar-refractivity contribution in [2.45, 2.75) is 13.0 Å². The van der Waals surface area contributed by atoms with Gasteiger partial charge in [-0.3, -0.25) is 0 Å². The number of halogens is 1. The third-order valence-corrected chi connectivity index (χ3v) is 3.30. The van der Waals surface area contributed by atoms with Crippen molar-refractivity contribution >= 4 is 15.9 Å². The van der Waals surface area contributed by atoms with E-state index in [9.17, 15) is 0 Å². The van der Waals surface area contributed by atoms with Crippen molar-refractivity contribution in [3.63, 3.8) is 0 Å². The van der Waals surface area contributed by atoms with Gasteiger partial charge in [0.2, 0.25) is 0 Å². The van der Waals surface area contributed by atoms with Crippen molar-refractivity contribution in [1.29, 1.82) is 0 Å². The summed E-state index contributed by atoms with van der Waals surface area (Å²) in [5.41, 5.74) is 2.83. The number of ether oxygens (including phenoxy) is 1. The molecule has 1 aliphatic heterocycles. The van der Waals surface area contributed by atoms with Crippen LogP contribution in [0.15, 0.2) is 16.6 Å². The summed E-state index contributed by atoms with van der Waals surface area (Å²) < 4.78 is 6.33. The van der Waals surface area contributed by atoms with Gasteiger partial charge in [0.1, 0.15) is 5.75 Å². The molecule has 1 heterocycles. The summed E-state index contributed by atoms with van der Waals surface area (Å²) in [4.78, 5) is 2.33. The van der Waals surface area contributed by atoms with E-state index in [-0.39, 0.29) is 0 Å². The summed E-state index contributed by atoms with van der Waals surface area (Å²) in [6.45, 7) is 2.18. The van der Waals surface area contributed by atoms with E-state index < -0.39 is 0 Å². The molecule has 1 aromatic rings. The molecule has 3 heteroatoms. The van der Waals surface area contributed by atoms with Crippen LogP contribution in [-0.4, -0.2) is 25.6 Å². The van der Waals surface area contributed by atoms with Crippen LogP contribution >= 0.6 is 15.9 Å². The molecule has 0 saturated heterocycles. The van der Waals surface area contributed by atoms with Crippen molar-refractivity contribution in [2.24, 2.45) is 0 Å². The first-order chi connectivity index (χ1) is 6.70. The van der Waals surface area contributed by atoms with Crippen LogP contribution in [0.3, 0.4) is 0 Å². The fourth-order valence-electron chi connectivity index (χ4n) is 1.85. The van der Waals surface area contributed by atoms with E-state index in [0.29, 0.717) is 0 Å². The second-order valence-electron chi connectivity index (χ2n) is 3.74. The lowest BCUT2D eigenvalue weighted by Gasteiger charge is -2.25. The Balaban J connectivity index is 2.40. The largest absolute Gasteiger partial charge is 0.496 e. The van der Waals surface area contributed by atoms with Gasteiger partial charge in [-0.05, 0) is 52.7 Å². The van der Waals surface area contributed by atoms with E-state index in [1.54, 1.807) is 7.11 Å². The molecular formula is C11H14BrNO. The standard InChI is InChI=1S/C11H14BrNO/c1-13-4-3-8-6-11(14-2)10(12)5-9(8)7-13/h5-6H,3-4,7H2,1-2H3. The third kappa shape index (κ3) is 1.79. The number of fused-ring (bicyclic) bond motifs is 1. The van der Waals surface area contributed by atoms with Gasteiger partial charge in [0.25, 0.3) is 0 Å². The van der Waals surface area contributed by atoms with Crippen molar-refractivity contribution in [3.05, 3.63) is 27.7 Å². The molecule has 0 unspecified atom stereocenters. The summed E-state index contributed by atoms with van der Waals surface area (Å²) in [6, 6.07) is 4.32. The highest BCUT2D eigenvalue weighted by molar-refractivity contribution is 9.10. The van der Waals surface area contributed by atoms with Crippen LogP contribution in [0.1, 0.15) is 11.1 Å². The lowest BCUT2D eigenvalue weighted by atomic mass is 10.00. The van der Waals surface area contributed by atoms with Crippen LogP contribution in [-0.2, 0) is 13.0 Å². The van der Waals surface area contributed by atoms with Crippen molar-refractivity contribution in [1.82, 2.24) is 4.90 Å². The molecule has 0 aliphatic carbocycles. The maximum atomic E-state index is 5.28. The number of benzene rings is 1. The van der Waals surface area contributed by atoms with Gasteiger partial charge in [0, 0.05) is 13.1 Å². The van der Waals surface area contributed by atoms with Crippen LogP contribution in [0, 0.1) is 0 Å². The molecule has 0 atom stereocenters. The zero-order valence-corrected chi connectivity index (χ0v) is 10.1. The quantitative estimate of drug-likeness (QED) is 0.765. The van der Waals surface area contributed by atoms with Crippen LogP contribution in [0.25, 0.3) is 0 Å². The highest BCUT2D eigenvalue weighted by atomic mass is 79.9. The molecule has 0 saturated carbocycles. The maximum absolute atomic E-state index is 5.28. The highest BCUT2D eigenvalue weighted by Crippen LogP contribution is 2.31. The molecule has 0 amide bonds. The SMILES string of the molecule is COc1cc2c(cc1Br)CN(C)CC2. The van der Waals surface area contributed by atoms with Gasteiger partial charge in [0.05, 0.1) is 11.6 Å². The Kier molecular flexibility index (Phi) is 2.79. The molecule has 0 radical (unpaired) electrons. The van der Waals surface area contributed by atoms with Gasteiger partial charge in [-0.15, -0.1) is 0 Å². The molecule has 1 aromatic carbocycles. The first-order valence-corrected chi connectivity index (χ1v) is 5.54. The molecule has 14 heavy (non-hydrogen) atoms. The number of nitrogens with zero attached hydrogens (tertiary/aromatic N) is 1. The van der Waals surface area contributed by atoms with E-state index in [0.717, 1.165) is 29.7 Å². The monoisotopic (exact) mass is 255 g/mol. The Hall–Kier alpha value is -0.540. The van der Waals surface area contributed by atoms with Gasteiger partial charge in [-0.25, -0.2) is 0 Å². The minimum absolute atomic E-state index is 0.938. The minimum atomic E-state index is 0.938. The molecule has 0 fully saturated rings. The molecular weight excluding hydrogens is 242 g/mol. The topological polar surface area (TPSA) is 12.5 Å². The van der Waals surface area contributed by atoms with Gasteiger partial charge in [0.15, 0.2) is 0 Å². The average Bonchev–Trinajstić information content (AvgIpc) is 2.16. The third-order valence-electron chi connectivity index (χ3n) is 2.68. The summed E-state index contributed by atoms with van der Waals surface area (Å²) >= 11 is 3.51. The number of methoxy groups -OCH3 is 1. The van der Waals surface area contributed by atoms with Crippen molar-refractivity contribution < 1.29 is 4.74 Å². The van der Waals surface area contributed by atoms with Crippen LogP contribution in [0.4, 0.5) is 0 Å². The van der Waals surface area contributed by atoms with Gasteiger partial charge in [-0.1, -0.05) is 0 Å². The van der Waals surface area contributed by atoms with Gasteiger partial charge in [-0.2, -0.15) is 0 Å². The maximum Gasteiger partial charge on any atom is 0.133 e. The molecule has 0 spiro atoms. The number of likely N-dealkylation sites (N-methyl/N-ethyl adjacent to an activating group) is 1. The van der Waals surface area contributed by atoms with Crippen LogP contribution in [0.5, 0.6) is 5.75 Å². The highest BCUT2D eigenvalue weighted by Gasteiger charge is 2.15. The second-order valence-corrected chi connectivity index (χ2v) is 4.60. The first kappa shape index (κ1) is 9.99. The number of rotatable bonds is 1. The van der Waals surface area contributed by atoms with Gasteiger partial charge < -0.3 is 9.64 Å². The minimum Gasteiger partial charge on any atom is -0.496 e. The Labute approximate surface area is 93.0 Å². The van der Waals surface area contributed by atoms with Crippen LogP contribution in [0.2, 0.25) is 0 Å². The zero-order chi connectivity index (χ0) is 10.1. The molecule has 2 nitrogen and oxygen atoms in total. The van der Waals surface area contributed by atoms with Gasteiger partial charge >= 0.3 is 0 Å².